The number of benzene rings is 10. The molecule has 69 heavy (non-hydrogen) atoms. The Balaban J connectivity index is 1.03. The Morgan fingerprint density at radius 1 is 0.377 bits per heavy atom. The summed E-state index contributed by atoms with van der Waals surface area (Å²) in [5.74, 6) is 0. The lowest BCUT2D eigenvalue weighted by atomic mass is 9.69. The summed E-state index contributed by atoms with van der Waals surface area (Å²) in [6, 6.07) is 79.2. The normalized spacial score (nSPS) is 13.5. The van der Waals surface area contributed by atoms with Crippen molar-refractivity contribution in [3.8, 4) is 44.5 Å². The number of hydrogen-bond donors (Lipinski definition) is 0. The van der Waals surface area contributed by atoms with Crippen LogP contribution in [0.15, 0.2) is 217 Å². The Bertz CT molecular complexity index is 3780. The van der Waals surface area contributed by atoms with Crippen molar-refractivity contribution in [2.24, 2.45) is 0 Å². The van der Waals surface area contributed by atoms with E-state index in [-0.39, 0.29) is 10.8 Å². The van der Waals surface area contributed by atoms with E-state index >= 15 is 0 Å². The smallest absolute Gasteiger partial charge is 0.159 e. The highest BCUT2D eigenvalue weighted by Crippen LogP contribution is 2.65. The molecule has 0 N–H and O–H groups in total. The van der Waals surface area contributed by atoms with Crippen molar-refractivity contribution in [3.05, 3.63) is 246 Å². The largest absolute Gasteiger partial charge is 0.454 e. The van der Waals surface area contributed by atoms with E-state index in [1.54, 1.807) is 0 Å². The first-order valence-corrected chi connectivity index (χ1v) is 24.4. The third-order valence-corrected chi connectivity index (χ3v) is 15.2. The second kappa shape index (κ2) is 15.0. The summed E-state index contributed by atoms with van der Waals surface area (Å²) >= 11 is 0. The molecule has 1 spiro atoms. The maximum absolute atomic E-state index is 6.90. The predicted octanol–water partition coefficient (Wildman–Crippen LogP) is 18.5. The molecule has 0 bridgehead atoms. The zero-order chi connectivity index (χ0) is 46.8. The molecule has 13 rings (SSSR count). The first-order chi connectivity index (χ1) is 33.5. The highest BCUT2D eigenvalue weighted by molar-refractivity contribution is 6.11. The van der Waals surface area contributed by atoms with Gasteiger partial charge in [0.05, 0.1) is 16.8 Å². The SMILES string of the molecule is CC(C)(C)c1ccc2c(c1)C1(c3cc(C(C)(C)C)ccc3-2)c2ccccc2-c2c(N(c3ccc(-c4ccc(-c5cccc6ccccc56)cc4)cc3)c3cccc4c3oc3ccccc34)cccc21. The number of anilines is 3. The van der Waals surface area contributed by atoms with Gasteiger partial charge in [0.25, 0.3) is 0 Å². The van der Waals surface area contributed by atoms with Gasteiger partial charge in [0.2, 0.25) is 0 Å². The molecule has 2 aliphatic carbocycles. The summed E-state index contributed by atoms with van der Waals surface area (Å²) in [6.45, 7) is 14.0. The van der Waals surface area contributed by atoms with Crippen LogP contribution in [0.25, 0.3) is 77.2 Å². The maximum Gasteiger partial charge on any atom is 0.159 e. The predicted molar refractivity (Wildman–Crippen MR) is 290 cm³/mol. The molecule has 11 aromatic rings. The fourth-order valence-electron chi connectivity index (χ4n) is 11.8. The summed E-state index contributed by atoms with van der Waals surface area (Å²) < 4.78 is 6.90. The average Bonchev–Trinajstić information content (AvgIpc) is 4.00. The number of fused-ring (bicyclic) bond motifs is 14. The van der Waals surface area contributed by atoms with Crippen LogP contribution in [0, 0.1) is 0 Å². The van der Waals surface area contributed by atoms with Gasteiger partial charge in [0, 0.05) is 22.0 Å². The van der Waals surface area contributed by atoms with Crippen molar-refractivity contribution in [3.63, 3.8) is 0 Å². The minimum Gasteiger partial charge on any atom is -0.454 e. The maximum atomic E-state index is 6.90. The van der Waals surface area contributed by atoms with Gasteiger partial charge in [0.15, 0.2) is 5.58 Å². The molecule has 0 radical (unpaired) electrons. The topological polar surface area (TPSA) is 16.4 Å². The van der Waals surface area contributed by atoms with Crippen LogP contribution in [0.3, 0.4) is 0 Å². The van der Waals surface area contributed by atoms with E-state index < -0.39 is 5.41 Å². The van der Waals surface area contributed by atoms with Crippen molar-refractivity contribution >= 4 is 49.8 Å². The van der Waals surface area contributed by atoms with E-state index in [2.05, 4.69) is 259 Å². The number of rotatable bonds is 5. The second-order valence-corrected chi connectivity index (χ2v) is 21.3. The molecule has 1 aromatic heterocycles. The fraction of sp³-hybridized carbons (Fsp3) is 0.134. The van der Waals surface area contributed by atoms with Gasteiger partial charge in [-0.2, -0.15) is 0 Å². The molecule has 1 heterocycles. The summed E-state index contributed by atoms with van der Waals surface area (Å²) in [5.41, 5.74) is 22.3. The van der Waals surface area contributed by atoms with Crippen LogP contribution in [0.2, 0.25) is 0 Å². The van der Waals surface area contributed by atoms with Crippen LogP contribution in [-0.4, -0.2) is 0 Å². The summed E-state index contributed by atoms with van der Waals surface area (Å²) in [4.78, 5) is 2.46. The van der Waals surface area contributed by atoms with Crippen LogP contribution in [0.5, 0.6) is 0 Å². The van der Waals surface area contributed by atoms with Gasteiger partial charge in [-0.3, -0.25) is 0 Å². The molecule has 2 aliphatic rings. The third-order valence-electron chi connectivity index (χ3n) is 15.2. The molecular formula is C67H53NO. The van der Waals surface area contributed by atoms with Crippen molar-refractivity contribution in [1.82, 2.24) is 0 Å². The van der Waals surface area contributed by atoms with E-state index in [9.17, 15) is 0 Å². The van der Waals surface area contributed by atoms with Gasteiger partial charge in [0.1, 0.15) is 5.58 Å². The number of nitrogens with zero attached hydrogens (tertiary/aromatic N) is 1. The number of para-hydroxylation sites is 2. The first-order valence-electron chi connectivity index (χ1n) is 24.4. The van der Waals surface area contributed by atoms with Crippen LogP contribution in [0.1, 0.15) is 74.9 Å². The Morgan fingerprint density at radius 3 is 1.61 bits per heavy atom. The monoisotopic (exact) mass is 887 g/mol. The molecule has 0 aliphatic heterocycles. The van der Waals surface area contributed by atoms with E-state index in [0.717, 1.165) is 44.6 Å². The van der Waals surface area contributed by atoms with Gasteiger partial charge in [-0.15, -0.1) is 0 Å². The average molecular weight is 888 g/mol. The standard InChI is InChI=1S/C67H53NO/c1-65(2,3)46-34-38-51-52-39-35-47(66(4,5)6)41-59(52)67(58(51)40-46)56-23-11-9-20-55(56)63-57(67)24-15-25-60(63)68(61-26-14-22-54-53-19-10-12-27-62(53)69-64(54)61)48-36-32-43(33-37-48)42-28-30-45(31-29-42)50-21-13-17-44-16-7-8-18-49(44)50/h7-41H,1-6H3. The first kappa shape index (κ1) is 41.3. The number of furan rings is 1. The highest BCUT2D eigenvalue weighted by Gasteiger charge is 2.53. The molecule has 0 amide bonds. The van der Waals surface area contributed by atoms with Crippen molar-refractivity contribution in [1.29, 1.82) is 0 Å². The molecule has 0 atom stereocenters. The van der Waals surface area contributed by atoms with Crippen LogP contribution in [0.4, 0.5) is 17.1 Å². The van der Waals surface area contributed by atoms with E-state index in [0.29, 0.717) is 0 Å². The zero-order valence-corrected chi connectivity index (χ0v) is 40.1. The lowest BCUT2D eigenvalue weighted by molar-refractivity contribution is 0.586. The van der Waals surface area contributed by atoms with E-state index in [4.69, 9.17) is 4.42 Å². The third kappa shape index (κ3) is 6.18. The van der Waals surface area contributed by atoms with Crippen molar-refractivity contribution in [2.45, 2.75) is 57.8 Å². The molecule has 2 heteroatoms. The van der Waals surface area contributed by atoms with Gasteiger partial charge in [-0.1, -0.05) is 224 Å². The summed E-state index contributed by atoms with van der Waals surface area (Å²) in [5, 5.41) is 4.73. The van der Waals surface area contributed by atoms with E-state index in [1.165, 1.54) is 83.1 Å². The van der Waals surface area contributed by atoms with Crippen LogP contribution in [-0.2, 0) is 16.2 Å². The van der Waals surface area contributed by atoms with Crippen molar-refractivity contribution in [2.75, 3.05) is 4.90 Å². The van der Waals surface area contributed by atoms with Gasteiger partial charge >= 0.3 is 0 Å². The molecule has 332 valence electrons. The lowest BCUT2D eigenvalue weighted by Gasteiger charge is -2.33. The molecule has 10 aromatic carbocycles. The molecule has 0 saturated heterocycles. The van der Waals surface area contributed by atoms with Crippen LogP contribution >= 0.6 is 0 Å². The minimum absolute atomic E-state index is 0.0303. The van der Waals surface area contributed by atoms with E-state index in [1.807, 2.05) is 0 Å². The molecule has 0 saturated carbocycles. The minimum atomic E-state index is -0.534. The van der Waals surface area contributed by atoms with Gasteiger partial charge < -0.3 is 9.32 Å². The van der Waals surface area contributed by atoms with Crippen molar-refractivity contribution < 1.29 is 4.42 Å². The Morgan fingerprint density at radius 2 is 0.899 bits per heavy atom. The van der Waals surface area contributed by atoms with Gasteiger partial charge in [-0.05, 0) is 124 Å². The Hall–Kier alpha value is -7.94. The quantitative estimate of drug-likeness (QED) is 0.171. The Labute approximate surface area is 405 Å². The lowest BCUT2D eigenvalue weighted by Crippen LogP contribution is -2.27. The van der Waals surface area contributed by atoms with Gasteiger partial charge in [-0.25, -0.2) is 0 Å². The molecule has 0 fully saturated rings. The highest BCUT2D eigenvalue weighted by atomic mass is 16.3. The zero-order valence-electron chi connectivity index (χ0n) is 40.1. The summed E-state index contributed by atoms with van der Waals surface area (Å²) in [6.07, 6.45) is 0. The fourth-order valence-corrected chi connectivity index (χ4v) is 11.8. The van der Waals surface area contributed by atoms with Crippen LogP contribution < -0.4 is 4.90 Å². The number of hydrogen-bond acceptors (Lipinski definition) is 2. The summed E-state index contributed by atoms with van der Waals surface area (Å²) in [7, 11) is 0. The second-order valence-electron chi connectivity index (χ2n) is 21.3. The molecule has 0 unspecified atom stereocenters. The Kier molecular flexibility index (Phi) is 8.99. The molecule has 2 nitrogen and oxygen atoms in total. The molecular weight excluding hydrogens is 835 g/mol.